The van der Waals surface area contributed by atoms with Crippen LogP contribution in [-0.2, 0) is 12.8 Å². The van der Waals surface area contributed by atoms with Gasteiger partial charge in [0, 0.05) is 30.1 Å². The van der Waals surface area contributed by atoms with Crippen LogP contribution >= 0.6 is 0 Å². The molecule has 0 atom stereocenters. The third kappa shape index (κ3) is 2.07. The zero-order valence-corrected chi connectivity index (χ0v) is 12.3. The number of hydrogen-bond donors (Lipinski definition) is 1. The van der Waals surface area contributed by atoms with Gasteiger partial charge in [-0.15, -0.1) is 0 Å². The van der Waals surface area contributed by atoms with Gasteiger partial charge in [-0.1, -0.05) is 5.16 Å². The van der Waals surface area contributed by atoms with Gasteiger partial charge < -0.3 is 14.2 Å². The van der Waals surface area contributed by atoms with Gasteiger partial charge in [0.1, 0.15) is 11.4 Å². The Bertz CT molecular complexity index is 862. The minimum Gasteiger partial charge on any atom is -0.360 e. The summed E-state index contributed by atoms with van der Waals surface area (Å²) in [6.07, 6.45) is 7.57. The lowest BCUT2D eigenvalue weighted by Gasteiger charge is -2.09. The number of fused-ring (bicyclic) bond motifs is 2. The molecule has 1 aliphatic rings. The second-order valence-electron chi connectivity index (χ2n) is 5.64. The van der Waals surface area contributed by atoms with Crippen molar-refractivity contribution in [3.8, 4) is 0 Å². The standard InChI is InChI=1S/C16H16N4O2/c1-10-8-17-14-7-6-11(9-20(10)14)18-16(21)15-12-4-2-3-5-13(12)22-19-15/h6-9H,2-5H2,1H3,(H,18,21). The highest BCUT2D eigenvalue weighted by atomic mass is 16.5. The molecule has 0 bridgehead atoms. The largest absolute Gasteiger partial charge is 0.360 e. The van der Waals surface area contributed by atoms with Crippen molar-refractivity contribution in [3.63, 3.8) is 0 Å². The average Bonchev–Trinajstić information content (AvgIpc) is 3.12. The molecular weight excluding hydrogens is 280 g/mol. The van der Waals surface area contributed by atoms with E-state index in [4.69, 9.17) is 4.52 Å². The van der Waals surface area contributed by atoms with Gasteiger partial charge in [0.05, 0.1) is 5.69 Å². The van der Waals surface area contributed by atoms with Crippen LogP contribution in [0.2, 0.25) is 0 Å². The predicted molar refractivity (Wildman–Crippen MR) is 81.0 cm³/mol. The molecule has 6 heteroatoms. The van der Waals surface area contributed by atoms with Crippen molar-refractivity contribution in [3.05, 3.63) is 47.2 Å². The summed E-state index contributed by atoms with van der Waals surface area (Å²) in [6, 6.07) is 3.72. The Morgan fingerprint density at radius 3 is 3.09 bits per heavy atom. The zero-order valence-electron chi connectivity index (χ0n) is 12.3. The van der Waals surface area contributed by atoms with Crippen LogP contribution in [0.1, 0.15) is 40.3 Å². The van der Waals surface area contributed by atoms with Gasteiger partial charge in [-0.3, -0.25) is 4.79 Å². The maximum atomic E-state index is 12.4. The second-order valence-corrected chi connectivity index (χ2v) is 5.64. The van der Waals surface area contributed by atoms with Crippen molar-refractivity contribution in [2.24, 2.45) is 0 Å². The van der Waals surface area contributed by atoms with Gasteiger partial charge in [0.25, 0.3) is 5.91 Å². The molecule has 4 rings (SSSR count). The number of rotatable bonds is 2. The molecule has 0 unspecified atom stereocenters. The maximum Gasteiger partial charge on any atom is 0.278 e. The average molecular weight is 296 g/mol. The Morgan fingerprint density at radius 1 is 1.32 bits per heavy atom. The van der Waals surface area contributed by atoms with E-state index in [0.29, 0.717) is 11.4 Å². The molecule has 0 aromatic carbocycles. The van der Waals surface area contributed by atoms with E-state index in [1.54, 1.807) is 6.20 Å². The number of carbonyl (C=O) groups excluding carboxylic acids is 1. The van der Waals surface area contributed by atoms with Crippen LogP contribution < -0.4 is 5.32 Å². The first-order valence-electron chi connectivity index (χ1n) is 7.45. The highest BCUT2D eigenvalue weighted by Gasteiger charge is 2.24. The van der Waals surface area contributed by atoms with Crippen LogP contribution in [0.5, 0.6) is 0 Å². The molecule has 1 amide bonds. The summed E-state index contributed by atoms with van der Waals surface area (Å²) < 4.78 is 7.24. The first-order chi connectivity index (χ1) is 10.7. The summed E-state index contributed by atoms with van der Waals surface area (Å²) in [4.78, 5) is 16.7. The van der Waals surface area contributed by atoms with E-state index in [2.05, 4.69) is 15.5 Å². The summed E-state index contributed by atoms with van der Waals surface area (Å²) >= 11 is 0. The summed E-state index contributed by atoms with van der Waals surface area (Å²) in [5.41, 5.74) is 3.96. The second kappa shape index (κ2) is 4.98. The lowest BCUT2D eigenvalue weighted by atomic mass is 9.96. The zero-order chi connectivity index (χ0) is 15.1. The maximum absolute atomic E-state index is 12.4. The number of nitrogens with zero attached hydrogens (tertiary/aromatic N) is 3. The van der Waals surface area contributed by atoms with Gasteiger partial charge >= 0.3 is 0 Å². The number of imidazole rings is 1. The smallest absolute Gasteiger partial charge is 0.278 e. The molecule has 3 aromatic rings. The van der Waals surface area contributed by atoms with Crippen molar-refractivity contribution in [2.75, 3.05) is 5.32 Å². The van der Waals surface area contributed by atoms with Gasteiger partial charge in [-0.05, 0) is 38.3 Å². The van der Waals surface area contributed by atoms with Crippen LogP contribution in [0.4, 0.5) is 5.69 Å². The Morgan fingerprint density at radius 2 is 2.18 bits per heavy atom. The topological polar surface area (TPSA) is 72.4 Å². The summed E-state index contributed by atoms with van der Waals surface area (Å²) in [5, 5.41) is 6.85. The normalized spacial score (nSPS) is 14.0. The Kier molecular flexibility index (Phi) is 2.96. The van der Waals surface area contributed by atoms with Gasteiger partial charge in [0.15, 0.2) is 5.69 Å². The van der Waals surface area contributed by atoms with Crippen LogP contribution in [0.25, 0.3) is 5.65 Å². The predicted octanol–water partition coefficient (Wildman–Crippen LogP) is 2.76. The van der Waals surface area contributed by atoms with Crippen molar-refractivity contribution >= 4 is 17.2 Å². The number of nitrogens with one attached hydrogen (secondary N) is 1. The van der Waals surface area contributed by atoms with Crippen molar-refractivity contribution in [1.82, 2.24) is 14.5 Å². The monoisotopic (exact) mass is 296 g/mol. The molecular formula is C16H16N4O2. The molecule has 0 saturated heterocycles. The summed E-state index contributed by atoms with van der Waals surface area (Å²) in [6.45, 7) is 1.97. The van der Waals surface area contributed by atoms with Crippen molar-refractivity contribution in [2.45, 2.75) is 32.6 Å². The molecule has 6 nitrogen and oxygen atoms in total. The van der Waals surface area contributed by atoms with Crippen LogP contribution in [0, 0.1) is 6.92 Å². The Balaban J connectivity index is 1.63. The van der Waals surface area contributed by atoms with E-state index in [1.165, 1.54) is 0 Å². The number of pyridine rings is 1. The SMILES string of the molecule is Cc1cnc2ccc(NC(=O)c3noc4c3CCCC4)cn12. The molecule has 3 heterocycles. The van der Waals surface area contributed by atoms with E-state index in [9.17, 15) is 4.79 Å². The minimum atomic E-state index is -0.219. The molecule has 0 radical (unpaired) electrons. The van der Waals surface area contributed by atoms with Gasteiger partial charge in [-0.25, -0.2) is 4.98 Å². The molecule has 1 N–H and O–H groups in total. The molecule has 0 spiro atoms. The van der Waals surface area contributed by atoms with Crippen molar-refractivity contribution in [1.29, 1.82) is 0 Å². The number of amides is 1. The van der Waals surface area contributed by atoms with E-state index < -0.39 is 0 Å². The number of anilines is 1. The fraction of sp³-hybridized carbons (Fsp3) is 0.312. The number of carbonyl (C=O) groups is 1. The van der Waals surface area contributed by atoms with Crippen LogP contribution in [0.3, 0.4) is 0 Å². The molecule has 0 fully saturated rings. The van der Waals surface area contributed by atoms with E-state index in [-0.39, 0.29) is 5.91 Å². The number of aryl methyl sites for hydroxylation is 2. The highest BCUT2D eigenvalue weighted by molar-refractivity contribution is 6.03. The van der Waals surface area contributed by atoms with Crippen LogP contribution in [-0.4, -0.2) is 20.4 Å². The lowest BCUT2D eigenvalue weighted by Crippen LogP contribution is -2.16. The van der Waals surface area contributed by atoms with E-state index in [1.807, 2.05) is 29.7 Å². The first kappa shape index (κ1) is 13.1. The first-order valence-corrected chi connectivity index (χ1v) is 7.45. The molecule has 112 valence electrons. The molecule has 0 aliphatic heterocycles. The Hall–Kier alpha value is -2.63. The van der Waals surface area contributed by atoms with Gasteiger partial charge in [-0.2, -0.15) is 0 Å². The molecule has 3 aromatic heterocycles. The quantitative estimate of drug-likeness (QED) is 0.789. The van der Waals surface area contributed by atoms with Gasteiger partial charge in [0.2, 0.25) is 0 Å². The van der Waals surface area contributed by atoms with Crippen LogP contribution in [0.15, 0.2) is 29.0 Å². The number of hydrogen-bond acceptors (Lipinski definition) is 4. The molecule has 1 aliphatic carbocycles. The van der Waals surface area contributed by atoms with Crippen molar-refractivity contribution < 1.29 is 9.32 Å². The third-order valence-electron chi connectivity index (χ3n) is 4.11. The fourth-order valence-corrected chi connectivity index (χ4v) is 2.93. The minimum absolute atomic E-state index is 0.219. The van der Waals surface area contributed by atoms with E-state index >= 15 is 0 Å². The molecule has 0 saturated carbocycles. The Labute approximate surface area is 127 Å². The summed E-state index contributed by atoms with van der Waals surface area (Å²) in [5.74, 6) is 0.640. The highest BCUT2D eigenvalue weighted by Crippen LogP contribution is 2.25. The lowest BCUT2D eigenvalue weighted by molar-refractivity contribution is 0.101. The number of aromatic nitrogens is 3. The third-order valence-corrected chi connectivity index (χ3v) is 4.11. The van der Waals surface area contributed by atoms with E-state index in [0.717, 1.165) is 48.3 Å². The molecule has 22 heavy (non-hydrogen) atoms. The fourth-order valence-electron chi connectivity index (χ4n) is 2.93. The summed E-state index contributed by atoms with van der Waals surface area (Å²) in [7, 11) is 0.